The minimum atomic E-state index is -4.37. The molecule has 1 unspecified atom stereocenters. The van der Waals surface area contributed by atoms with Crippen molar-refractivity contribution < 1.29 is 18.3 Å². The maximum atomic E-state index is 12.4. The molecule has 3 nitrogen and oxygen atoms in total. The summed E-state index contributed by atoms with van der Waals surface area (Å²) in [5.74, 6) is 4.65. The van der Waals surface area contributed by atoms with E-state index in [0.717, 1.165) is 12.1 Å². The Morgan fingerprint density at radius 1 is 1.38 bits per heavy atom. The number of hydrazine groups is 1. The van der Waals surface area contributed by atoms with Crippen molar-refractivity contribution in [1.29, 1.82) is 0 Å². The minimum Gasteiger partial charge on any atom is -0.396 e. The van der Waals surface area contributed by atoms with Gasteiger partial charge >= 0.3 is 6.18 Å². The van der Waals surface area contributed by atoms with Crippen LogP contribution in [0.1, 0.15) is 17.0 Å². The molecule has 0 saturated heterocycles. The molecule has 1 atom stereocenters. The fourth-order valence-corrected chi connectivity index (χ4v) is 1.40. The molecular weight excluding hydrogens is 221 g/mol. The van der Waals surface area contributed by atoms with Gasteiger partial charge in [-0.3, -0.25) is 11.3 Å². The molecule has 16 heavy (non-hydrogen) atoms. The van der Waals surface area contributed by atoms with Crippen molar-refractivity contribution in [3.63, 3.8) is 0 Å². The summed E-state index contributed by atoms with van der Waals surface area (Å²) in [7, 11) is 0. The molecule has 0 fully saturated rings. The van der Waals surface area contributed by atoms with Crippen LogP contribution in [0.25, 0.3) is 0 Å². The van der Waals surface area contributed by atoms with Gasteiger partial charge in [-0.25, -0.2) is 0 Å². The van der Waals surface area contributed by atoms with Crippen molar-refractivity contribution in [2.45, 2.75) is 12.1 Å². The first kappa shape index (κ1) is 13.0. The van der Waals surface area contributed by atoms with E-state index >= 15 is 0 Å². The fraction of sp³-hybridized carbons (Fsp3) is 0.400. The predicted molar refractivity (Wildman–Crippen MR) is 53.5 cm³/mol. The van der Waals surface area contributed by atoms with E-state index in [1.165, 1.54) is 12.1 Å². The summed E-state index contributed by atoms with van der Waals surface area (Å²) in [6.45, 7) is -0.0384. The lowest BCUT2D eigenvalue weighted by atomic mass is 9.98. The molecule has 0 heterocycles. The number of nitrogens with two attached hydrogens (primary N) is 1. The highest BCUT2D eigenvalue weighted by Crippen LogP contribution is 2.30. The molecule has 0 spiro atoms. The van der Waals surface area contributed by atoms with Crippen molar-refractivity contribution >= 4 is 0 Å². The zero-order valence-corrected chi connectivity index (χ0v) is 8.46. The zero-order chi connectivity index (χ0) is 12.2. The molecule has 1 aromatic rings. The average Bonchev–Trinajstić information content (AvgIpc) is 2.25. The third kappa shape index (κ3) is 3.19. The van der Waals surface area contributed by atoms with Gasteiger partial charge in [0.2, 0.25) is 0 Å². The van der Waals surface area contributed by atoms with E-state index in [2.05, 4.69) is 5.43 Å². The van der Waals surface area contributed by atoms with Gasteiger partial charge in [0.15, 0.2) is 0 Å². The van der Waals surface area contributed by atoms with E-state index in [0.29, 0.717) is 5.56 Å². The number of rotatable bonds is 4. The van der Waals surface area contributed by atoms with Crippen LogP contribution in [-0.2, 0) is 6.18 Å². The summed E-state index contributed by atoms with van der Waals surface area (Å²) in [5.41, 5.74) is 2.02. The highest BCUT2D eigenvalue weighted by atomic mass is 19.4. The topological polar surface area (TPSA) is 58.3 Å². The van der Waals surface area contributed by atoms with Crippen LogP contribution in [0.3, 0.4) is 0 Å². The molecule has 1 aromatic carbocycles. The summed E-state index contributed by atoms with van der Waals surface area (Å²) < 4.78 is 37.3. The first-order valence-electron chi connectivity index (χ1n) is 4.70. The predicted octanol–water partition coefficient (Wildman–Crippen LogP) is 1.24. The van der Waals surface area contributed by atoms with Gasteiger partial charge in [0, 0.05) is 12.5 Å². The van der Waals surface area contributed by atoms with E-state index < -0.39 is 17.7 Å². The van der Waals surface area contributed by atoms with Crippen molar-refractivity contribution in [3.05, 3.63) is 35.4 Å². The second kappa shape index (κ2) is 5.29. The lowest BCUT2D eigenvalue weighted by Crippen LogP contribution is -2.29. The summed E-state index contributed by atoms with van der Waals surface area (Å²) in [5, 5.41) is 9.03. The quantitative estimate of drug-likeness (QED) is 0.542. The summed E-state index contributed by atoms with van der Waals surface area (Å²) in [6.07, 6.45) is -4.37. The van der Waals surface area contributed by atoms with Crippen LogP contribution >= 0.6 is 0 Å². The fourth-order valence-electron chi connectivity index (χ4n) is 1.40. The van der Waals surface area contributed by atoms with Gasteiger partial charge in [-0.1, -0.05) is 18.2 Å². The average molecular weight is 234 g/mol. The molecule has 0 amide bonds. The van der Waals surface area contributed by atoms with Gasteiger partial charge in [-0.05, 0) is 11.6 Å². The maximum Gasteiger partial charge on any atom is 0.416 e. The smallest absolute Gasteiger partial charge is 0.396 e. The van der Waals surface area contributed by atoms with Gasteiger partial charge in [0.05, 0.1) is 12.2 Å². The molecule has 1 rings (SSSR count). The number of benzene rings is 1. The Morgan fingerprint density at radius 3 is 2.56 bits per heavy atom. The molecule has 0 saturated carbocycles. The number of hydrogen-bond donors (Lipinski definition) is 3. The molecule has 90 valence electrons. The number of hydrogen-bond acceptors (Lipinski definition) is 3. The number of aliphatic hydroxyl groups is 1. The largest absolute Gasteiger partial charge is 0.416 e. The van der Waals surface area contributed by atoms with Crippen LogP contribution in [0.2, 0.25) is 0 Å². The Morgan fingerprint density at radius 2 is 2.06 bits per heavy atom. The number of nitrogens with one attached hydrogen (secondary N) is 1. The normalized spacial score (nSPS) is 13.8. The lowest BCUT2D eigenvalue weighted by molar-refractivity contribution is -0.137. The number of alkyl halides is 3. The zero-order valence-electron chi connectivity index (χ0n) is 8.46. The molecule has 0 radical (unpaired) electrons. The van der Waals surface area contributed by atoms with Crippen molar-refractivity contribution in [2.24, 2.45) is 5.84 Å². The molecule has 0 aromatic heterocycles. The second-order valence-corrected chi connectivity index (χ2v) is 3.41. The van der Waals surface area contributed by atoms with Crippen LogP contribution in [0.15, 0.2) is 24.3 Å². The first-order valence-corrected chi connectivity index (χ1v) is 4.70. The van der Waals surface area contributed by atoms with Crippen molar-refractivity contribution in [2.75, 3.05) is 13.2 Å². The van der Waals surface area contributed by atoms with Gasteiger partial charge in [0.1, 0.15) is 0 Å². The molecule has 6 heteroatoms. The molecular formula is C10H13F3N2O. The maximum absolute atomic E-state index is 12.4. The molecule has 0 aliphatic rings. The monoisotopic (exact) mass is 234 g/mol. The highest BCUT2D eigenvalue weighted by molar-refractivity contribution is 5.28. The van der Waals surface area contributed by atoms with E-state index in [9.17, 15) is 13.2 Å². The first-order chi connectivity index (χ1) is 7.49. The van der Waals surface area contributed by atoms with Crippen molar-refractivity contribution in [1.82, 2.24) is 5.43 Å². The van der Waals surface area contributed by atoms with E-state index in [1.54, 1.807) is 0 Å². The number of halogens is 3. The Kier molecular flexibility index (Phi) is 4.28. The third-order valence-electron chi connectivity index (χ3n) is 2.27. The van der Waals surface area contributed by atoms with Gasteiger partial charge in [0.25, 0.3) is 0 Å². The van der Waals surface area contributed by atoms with Gasteiger partial charge < -0.3 is 5.11 Å². The van der Waals surface area contributed by atoms with Crippen LogP contribution < -0.4 is 11.3 Å². The summed E-state index contributed by atoms with van der Waals surface area (Å²) in [4.78, 5) is 0. The number of aliphatic hydroxyl groups excluding tert-OH is 1. The highest BCUT2D eigenvalue weighted by Gasteiger charge is 2.30. The Balaban J connectivity index is 2.97. The Hall–Kier alpha value is -1.11. The van der Waals surface area contributed by atoms with Crippen molar-refractivity contribution in [3.8, 4) is 0 Å². The molecule has 0 aliphatic carbocycles. The molecule has 0 bridgehead atoms. The molecule has 4 N–H and O–H groups in total. The second-order valence-electron chi connectivity index (χ2n) is 3.41. The van der Waals surface area contributed by atoms with Crippen LogP contribution in [-0.4, -0.2) is 18.3 Å². The van der Waals surface area contributed by atoms with Crippen LogP contribution in [0.5, 0.6) is 0 Å². The lowest BCUT2D eigenvalue weighted by Gasteiger charge is -2.15. The van der Waals surface area contributed by atoms with Gasteiger partial charge in [-0.15, -0.1) is 0 Å². The van der Waals surface area contributed by atoms with E-state index in [4.69, 9.17) is 10.9 Å². The van der Waals surface area contributed by atoms with E-state index in [-0.39, 0.29) is 13.2 Å². The minimum absolute atomic E-state index is 0.220. The standard InChI is InChI=1S/C10H13F3N2O/c11-10(12,13)9-3-1-2-7(4-9)8(6-16)5-15-14/h1-4,8,15-16H,5-6,14H2. The van der Waals surface area contributed by atoms with E-state index in [1.807, 2.05) is 0 Å². The van der Waals surface area contributed by atoms with Gasteiger partial charge in [-0.2, -0.15) is 13.2 Å². The summed E-state index contributed by atoms with van der Waals surface area (Å²) in [6, 6.07) is 4.87. The third-order valence-corrected chi connectivity index (χ3v) is 2.27. The SMILES string of the molecule is NNCC(CO)c1cccc(C(F)(F)F)c1. The summed E-state index contributed by atoms with van der Waals surface area (Å²) >= 11 is 0. The molecule has 0 aliphatic heterocycles. The Labute approximate surface area is 91.0 Å². The Bertz CT molecular complexity index is 341. The van der Waals surface area contributed by atoms with Crippen LogP contribution in [0, 0.1) is 0 Å². The van der Waals surface area contributed by atoms with Crippen LogP contribution in [0.4, 0.5) is 13.2 Å².